The lowest BCUT2D eigenvalue weighted by molar-refractivity contribution is -0.385. The Morgan fingerprint density at radius 2 is 1.77 bits per heavy atom. The zero-order valence-corrected chi connectivity index (χ0v) is 14.5. The van der Waals surface area contributed by atoms with Crippen molar-refractivity contribution in [3.05, 3.63) is 58.1 Å². The summed E-state index contributed by atoms with van der Waals surface area (Å²) in [5.41, 5.74) is -0.0493. The highest BCUT2D eigenvalue weighted by atomic mass is 16.6. The third kappa shape index (κ3) is 4.79. The number of nitro groups is 1. The number of carboxylic acid groups (broad SMARTS) is 1. The van der Waals surface area contributed by atoms with Gasteiger partial charge in [-0.3, -0.25) is 15.4 Å². The van der Waals surface area contributed by atoms with Crippen molar-refractivity contribution in [2.45, 2.75) is 26.4 Å². The molecule has 2 rings (SSSR count). The SMILES string of the molecule is CC(C)(C)OC(=O)Nc1cccc(-c2ccc(C(=O)O)c([N+](=O)[O-])c2)c1. The van der Waals surface area contributed by atoms with E-state index in [2.05, 4.69) is 5.32 Å². The lowest BCUT2D eigenvalue weighted by Gasteiger charge is -2.19. The van der Waals surface area contributed by atoms with Crippen molar-refractivity contribution >= 4 is 23.4 Å². The molecule has 0 aliphatic heterocycles. The Hall–Kier alpha value is -3.42. The van der Waals surface area contributed by atoms with E-state index in [9.17, 15) is 19.7 Å². The third-order valence-corrected chi connectivity index (χ3v) is 3.27. The molecule has 2 aromatic carbocycles. The number of hydrogen-bond donors (Lipinski definition) is 2. The average molecular weight is 358 g/mol. The Kier molecular flexibility index (Phi) is 5.25. The molecular weight excluding hydrogens is 340 g/mol. The molecule has 0 radical (unpaired) electrons. The van der Waals surface area contributed by atoms with Crippen molar-refractivity contribution in [2.24, 2.45) is 0 Å². The number of amides is 1. The van der Waals surface area contributed by atoms with Crippen molar-refractivity contribution in [1.82, 2.24) is 0 Å². The first kappa shape index (κ1) is 18.9. The minimum Gasteiger partial charge on any atom is -0.477 e. The van der Waals surface area contributed by atoms with Crippen LogP contribution in [0.5, 0.6) is 0 Å². The number of carbonyl (C=O) groups is 2. The number of hydrogen-bond acceptors (Lipinski definition) is 5. The molecule has 0 spiro atoms. The van der Waals surface area contributed by atoms with Crippen LogP contribution in [-0.2, 0) is 4.74 Å². The molecular formula is C18H18N2O6. The summed E-state index contributed by atoms with van der Waals surface area (Å²) in [5.74, 6) is -1.37. The summed E-state index contributed by atoms with van der Waals surface area (Å²) < 4.78 is 5.18. The lowest BCUT2D eigenvalue weighted by Crippen LogP contribution is -2.27. The number of nitrogens with one attached hydrogen (secondary N) is 1. The Balaban J connectivity index is 2.33. The van der Waals surface area contributed by atoms with E-state index >= 15 is 0 Å². The van der Waals surface area contributed by atoms with E-state index in [0.29, 0.717) is 16.8 Å². The van der Waals surface area contributed by atoms with Gasteiger partial charge in [0, 0.05) is 11.8 Å². The van der Waals surface area contributed by atoms with Gasteiger partial charge in [-0.1, -0.05) is 18.2 Å². The zero-order chi connectivity index (χ0) is 19.5. The van der Waals surface area contributed by atoms with Crippen LogP contribution in [0.2, 0.25) is 0 Å². The molecule has 0 unspecified atom stereocenters. The molecule has 26 heavy (non-hydrogen) atoms. The summed E-state index contributed by atoms with van der Waals surface area (Å²) >= 11 is 0. The number of nitrogens with zero attached hydrogens (tertiary/aromatic N) is 1. The third-order valence-electron chi connectivity index (χ3n) is 3.27. The fourth-order valence-electron chi connectivity index (χ4n) is 2.24. The molecule has 1 amide bonds. The van der Waals surface area contributed by atoms with Gasteiger partial charge >= 0.3 is 12.1 Å². The number of rotatable bonds is 4. The molecule has 0 saturated heterocycles. The molecule has 2 aromatic rings. The van der Waals surface area contributed by atoms with Gasteiger partial charge in [0.2, 0.25) is 0 Å². The first-order valence-electron chi connectivity index (χ1n) is 7.69. The molecule has 8 heteroatoms. The highest BCUT2D eigenvalue weighted by molar-refractivity contribution is 5.93. The number of carbonyl (C=O) groups excluding carboxylic acids is 1. The first-order chi connectivity index (χ1) is 12.1. The maximum Gasteiger partial charge on any atom is 0.412 e. The molecule has 136 valence electrons. The predicted molar refractivity (Wildman–Crippen MR) is 95.3 cm³/mol. The van der Waals surface area contributed by atoms with Gasteiger partial charge in [-0.25, -0.2) is 9.59 Å². The van der Waals surface area contributed by atoms with E-state index < -0.39 is 28.3 Å². The number of benzene rings is 2. The second-order valence-corrected chi connectivity index (χ2v) is 6.50. The van der Waals surface area contributed by atoms with Crippen LogP contribution >= 0.6 is 0 Å². The van der Waals surface area contributed by atoms with E-state index in [1.165, 1.54) is 18.2 Å². The summed E-state index contributed by atoms with van der Waals surface area (Å²) in [6.07, 6.45) is -0.623. The standard InChI is InChI=1S/C18H18N2O6/c1-18(2,3)26-17(23)19-13-6-4-5-11(9-13)12-7-8-14(16(21)22)15(10-12)20(24)25/h4-10H,1-3H3,(H,19,23)(H,21,22). The van der Waals surface area contributed by atoms with Crippen LogP contribution in [0, 0.1) is 10.1 Å². The highest BCUT2D eigenvalue weighted by Crippen LogP contribution is 2.29. The molecule has 2 N–H and O–H groups in total. The first-order valence-corrected chi connectivity index (χ1v) is 7.69. The number of ether oxygens (including phenoxy) is 1. The Morgan fingerprint density at radius 3 is 2.35 bits per heavy atom. The van der Waals surface area contributed by atoms with E-state index in [1.807, 2.05) is 0 Å². The van der Waals surface area contributed by atoms with Gasteiger partial charge in [-0.2, -0.15) is 0 Å². The Bertz CT molecular complexity index is 870. The fraction of sp³-hybridized carbons (Fsp3) is 0.222. The largest absolute Gasteiger partial charge is 0.477 e. The summed E-state index contributed by atoms with van der Waals surface area (Å²) in [7, 11) is 0. The van der Waals surface area contributed by atoms with Crippen molar-refractivity contribution in [3.63, 3.8) is 0 Å². The van der Waals surface area contributed by atoms with Crippen molar-refractivity contribution in [1.29, 1.82) is 0 Å². The van der Waals surface area contributed by atoms with Gasteiger partial charge in [0.25, 0.3) is 5.69 Å². The average Bonchev–Trinajstić information content (AvgIpc) is 2.52. The smallest absolute Gasteiger partial charge is 0.412 e. The van der Waals surface area contributed by atoms with Crippen molar-refractivity contribution in [3.8, 4) is 11.1 Å². The topological polar surface area (TPSA) is 119 Å². The molecule has 0 heterocycles. The van der Waals surface area contributed by atoms with Gasteiger partial charge in [0.05, 0.1) is 4.92 Å². The Morgan fingerprint density at radius 1 is 1.12 bits per heavy atom. The van der Waals surface area contributed by atoms with Crippen LogP contribution in [0.1, 0.15) is 31.1 Å². The summed E-state index contributed by atoms with van der Waals surface area (Å²) in [6, 6.07) is 10.5. The molecule has 0 fully saturated rings. The quantitative estimate of drug-likeness (QED) is 0.621. The second-order valence-electron chi connectivity index (χ2n) is 6.50. The zero-order valence-electron chi connectivity index (χ0n) is 14.5. The number of nitro benzene ring substituents is 1. The van der Waals surface area contributed by atoms with Crippen LogP contribution in [0.3, 0.4) is 0 Å². The van der Waals surface area contributed by atoms with E-state index in [0.717, 1.165) is 0 Å². The number of carboxylic acids is 1. The molecule has 8 nitrogen and oxygen atoms in total. The monoisotopic (exact) mass is 358 g/mol. The molecule has 0 aliphatic carbocycles. The van der Waals surface area contributed by atoms with Crippen molar-refractivity contribution in [2.75, 3.05) is 5.32 Å². The van der Waals surface area contributed by atoms with Gasteiger partial charge in [0.1, 0.15) is 11.2 Å². The predicted octanol–water partition coefficient (Wildman–Crippen LogP) is 4.31. The number of anilines is 1. The van der Waals surface area contributed by atoms with Crippen LogP contribution < -0.4 is 5.32 Å². The van der Waals surface area contributed by atoms with E-state index in [4.69, 9.17) is 9.84 Å². The van der Waals surface area contributed by atoms with Crippen molar-refractivity contribution < 1.29 is 24.4 Å². The van der Waals surface area contributed by atoms with E-state index in [1.54, 1.807) is 45.0 Å². The van der Waals surface area contributed by atoms with Crippen LogP contribution in [-0.4, -0.2) is 27.7 Å². The molecule has 0 atom stereocenters. The maximum atomic E-state index is 11.9. The lowest BCUT2D eigenvalue weighted by atomic mass is 10.0. The number of aromatic carboxylic acids is 1. The van der Waals surface area contributed by atoms with Crippen LogP contribution in [0.4, 0.5) is 16.2 Å². The summed E-state index contributed by atoms with van der Waals surface area (Å²) in [5, 5.41) is 22.8. The minimum atomic E-state index is -1.37. The van der Waals surface area contributed by atoms with Crippen LogP contribution in [0.15, 0.2) is 42.5 Å². The minimum absolute atomic E-state index is 0.387. The van der Waals surface area contributed by atoms with Gasteiger partial charge in [-0.15, -0.1) is 0 Å². The van der Waals surface area contributed by atoms with Gasteiger partial charge in [0.15, 0.2) is 0 Å². The summed E-state index contributed by atoms with van der Waals surface area (Å²) in [6.45, 7) is 5.23. The fourth-order valence-corrected chi connectivity index (χ4v) is 2.24. The maximum absolute atomic E-state index is 11.9. The molecule has 0 aromatic heterocycles. The normalized spacial score (nSPS) is 10.9. The second kappa shape index (κ2) is 7.22. The Labute approximate surface area is 149 Å². The van der Waals surface area contributed by atoms with Crippen LogP contribution in [0.25, 0.3) is 11.1 Å². The molecule has 0 bridgehead atoms. The van der Waals surface area contributed by atoms with E-state index in [-0.39, 0.29) is 5.56 Å². The molecule has 0 aliphatic rings. The highest BCUT2D eigenvalue weighted by Gasteiger charge is 2.21. The van der Waals surface area contributed by atoms with Gasteiger partial charge in [-0.05, 0) is 50.1 Å². The molecule has 0 saturated carbocycles. The van der Waals surface area contributed by atoms with Gasteiger partial charge < -0.3 is 9.84 Å². The summed E-state index contributed by atoms with van der Waals surface area (Å²) in [4.78, 5) is 33.3.